The Hall–Kier alpha value is -1.00. The number of ether oxygens (including phenoxy) is 1. The van der Waals surface area contributed by atoms with Crippen LogP contribution in [0, 0.1) is 0 Å². The molecule has 1 aromatic rings. The Balaban J connectivity index is 0.000000845. The summed E-state index contributed by atoms with van der Waals surface area (Å²) in [5.74, 6) is 0.804. The first-order valence-corrected chi connectivity index (χ1v) is 3.88. The van der Waals surface area contributed by atoms with Gasteiger partial charge in [0.25, 0.3) is 0 Å². The molecule has 1 aromatic heterocycles. The highest BCUT2D eigenvalue weighted by molar-refractivity contribution is 5.85. The van der Waals surface area contributed by atoms with E-state index in [-0.39, 0.29) is 18.3 Å². The summed E-state index contributed by atoms with van der Waals surface area (Å²) in [7, 11) is 0. The van der Waals surface area contributed by atoms with Crippen molar-refractivity contribution in [3.05, 3.63) is 17.8 Å². The minimum Gasteiger partial charge on any atom is -0.493 e. The SMILES string of the molecule is Cl.Oc1ccc2c(n1)CNCCO2. The van der Waals surface area contributed by atoms with E-state index in [4.69, 9.17) is 9.84 Å². The molecule has 0 unspecified atom stereocenters. The molecular formula is C8H11ClN2O2. The second-order valence-electron chi connectivity index (χ2n) is 2.64. The van der Waals surface area contributed by atoms with Crippen LogP contribution in [0.5, 0.6) is 11.6 Å². The molecule has 72 valence electrons. The van der Waals surface area contributed by atoms with Crippen LogP contribution in [0.4, 0.5) is 0 Å². The zero-order chi connectivity index (χ0) is 8.39. The van der Waals surface area contributed by atoms with E-state index in [0.29, 0.717) is 13.2 Å². The van der Waals surface area contributed by atoms with Crippen molar-refractivity contribution in [1.29, 1.82) is 0 Å². The van der Waals surface area contributed by atoms with Gasteiger partial charge in [0, 0.05) is 19.2 Å². The van der Waals surface area contributed by atoms with Crippen LogP contribution in [-0.2, 0) is 6.54 Å². The summed E-state index contributed by atoms with van der Waals surface area (Å²) in [6.07, 6.45) is 0. The van der Waals surface area contributed by atoms with Gasteiger partial charge in [-0.2, -0.15) is 0 Å². The lowest BCUT2D eigenvalue weighted by atomic mass is 10.3. The molecule has 4 nitrogen and oxygen atoms in total. The second kappa shape index (κ2) is 4.30. The molecule has 0 atom stereocenters. The maximum Gasteiger partial charge on any atom is 0.211 e. The first-order chi connectivity index (χ1) is 5.86. The van der Waals surface area contributed by atoms with Crippen molar-refractivity contribution in [2.45, 2.75) is 6.54 Å². The standard InChI is InChI=1S/C8H10N2O2.ClH/c11-8-2-1-7-6(10-8)5-9-3-4-12-7;/h1-2,9H,3-5H2,(H,10,11);1H. The number of halogens is 1. The smallest absolute Gasteiger partial charge is 0.211 e. The van der Waals surface area contributed by atoms with Crippen molar-refractivity contribution >= 4 is 12.4 Å². The third-order valence-corrected chi connectivity index (χ3v) is 1.75. The van der Waals surface area contributed by atoms with Gasteiger partial charge < -0.3 is 15.2 Å². The summed E-state index contributed by atoms with van der Waals surface area (Å²) in [6, 6.07) is 3.27. The second-order valence-corrected chi connectivity index (χ2v) is 2.64. The van der Waals surface area contributed by atoms with Gasteiger partial charge in [-0.15, -0.1) is 12.4 Å². The molecule has 0 aliphatic carbocycles. The maximum absolute atomic E-state index is 9.09. The van der Waals surface area contributed by atoms with Crippen LogP contribution in [0.2, 0.25) is 0 Å². The fourth-order valence-corrected chi connectivity index (χ4v) is 1.18. The molecule has 0 amide bonds. The highest BCUT2D eigenvalue weighted by Crippen LogP contribution is 2.20. The van der Waals surface area contributed by atoms with E-state index in [1.165, 1.54) is 6.07 Å². The molecule has 1 aliphatic heterocycles. The third-order valence-electron chi connectivity index (χ3n) is 1.75. The fraction of sp³-hybridized carbons (Fsp3) is 0.375. The molecule has 0 saturated carbocycles. The van der Waals surface area contributed by atoms with Crippen molar-refractivity contribution < 1.29 is 9.84 Å². The van der Waals surface area contributed by atoms with Crippen molar-refractivity contribution in [2.75, 3.05) is 13.2 Å². The zero-order valence-electron chi connectivity index (χ0n) is 6.99. The summed E-state index contributed by atoms with van der Waals surface area (Å²) < 4.78 is 5.37. The van der Waals surface area contributed by atoms with Crippen LogP contribution in [0.25, 0.3) is 0 Å². The van der Waals surface area contributed by atoms with Gasteiger partial charge in [-0.25, -0.2) is 4.98 Å². The number of fused-ring (bicyclic) bond motifs is 1. The van der Waals surface area contributed by atoms with E-state index >= 15 is 0 Å². The van der Waals surface area contributed by atoms with Crippen LogP contribution in [0.3, 0.4) is 0 Å². The average Bonchev–Trinajstić information content (AvgIpc) is 2.28. The Morgan fingerprint density at radius 3 is 3.15 bits per heavy atom. The van der Waals surface area contributed by atoms with Gasteiger partial charge in [-0.05, 0) is 6.07 Å². The minimum atomic E-state index is 0. The first-order valence-electron chi connectivity index (χ1n) is 3.88. The van der Waals surface area contributed by atoms with Crippen LogP contribution in [-0.4, -0.2) is 23.2 Å². The molecule has 2 heterocycles. The maximum atomic E-state index is 9.09. The van der Waals surface area contributed by atoms with Crippen molar-refractivity contribution in [3.8, 4) is 11.6 Å². The number of nitrogens with one attached hydrogen (secondary N) is 1. The van der Waals surface area contributed by atoms with Crippen LogP contribution >= 0.6 is 12.4 Å². The fourth-order valence-electron chi connectivity index (χ4n) is 1.18. The van der Waals surface area contributed by atoms with Gasteiger partial charge in [0.15, 0.2) is 0 Å². The lowest BCUT2D eigenvalue weighted by Gasteiger charge is -2.04. The summed E-state index contributed by atoms with van der Waals surface area (Å²) in [5.41, 5.74) is 0.771. The largest absolute Gasteiger partial charge is 0.493 e. The molecule has 5 heteroatoms. The van der Waals surface area contributed by atoms with E-state index in [1.807, 2.05) is 0 Å². The van der Waals surface area contributed by atoms with Crippen LogP contribution < -0.4 is 10.1 Å². The Kier molecular flexibility index (Phi) is 3.33. The van der Waals surface area contributed by atoms with Gasteiger partial charge in [-0.3, -0.25) is 0 Å². The number of pyridine rings is 1. The molecule has 13 heavy (non-hydrogen) atoms. The molecule has 2 rings (SSSR count). The molecule has 2 N–H and O–H groups in total. The van der Waals surface area contributed by atoms with Gasteiger partial charge in [0.2, 0.25) is 5.88 Å². The number of nitrogens with zero attached hydrogens (tertiary/aromatic N) is 1. The van der Waals surface area contributed by atoms with E-state index in [0.717, 1.165) is 18.0 Å². The summed E-state index contributed by atoms with van der Waals surface area (Å²) in [5, 5.41) is 12.2. The number of hydrogen-bond acceptors (Lipinski definition) is 4. The van der Waals surface area contributed by atoms with Gasteiger partial charge in [-0.1, -0.05) is 0 Å². The molecule has 1 aliphatic rings. The van der Waals surface area contributed by atoms with E-state index in [1.54, 1.807) is 6.07 Å². The lowest BCUT2D eigenvalue weighted by Crippen LogP contribution is -2.16. The van der Waals surface area contributed by atoms with Gasteiger partial charge in [0.05, 0.1) is 0 Å². The number of aromatic nitrogens is 1. The first kappa shape index (κ1) is 10.1. The number of aromatic hydroxyl groups is 1. The molecule has 0 fully saturated rings. The Morgan fingerprint density at radius 2 is 2.31 bits per heavy atom. The van der Waals surface area contributed by atoms with Crippen molar-refractivity contribution in [2.24, 2.45) is 0 Å². The average molecular weight is 203 g/mol. The Morgan fingerprint density at radius 1 is 1.46 bits per heavy atom. The van der Waals surface area contributed by atoms with Gasteiger partial charge >= 0.3 is 0 Å². The highest BCUT2D eigenvalue weighted by atomic mass is 35.5. The van der Waals surface area contributed by atoms with Crippen LogP contribution in [0.15, 0.2) is 12.1 Å². The predicted octanol–water partition coefficient (Wildman–Crippen LogP) is 0.691. The van der Waals surface area contributed by atoms with Crippen molar-refractivity contribution in [1.82, 2.24) is 10.3 Å². The normalized spacial score (nSPS) is 14.8. The summed E-state index contributed by atoms with van der Waals surface area (Å²) >= 11 is 0. The Bertz CT molecular complexity index is 293. The van der Waals surface area contributed by atoms with Gasteiger partial charge in [0.1, 0.15) is 18.1 Å². The quantitative estimate of drug-likeness (QED) is 0.650. The monoisotopic (exact) mass is 202 g/mol. The lowest BCUT2D eigenvalue weighted by molar-refractivity contribution is 0.324. The van der Waals surface area contributed by atoms with Crippen molar-refractivity contribution in [3.63, 3.8) is 0 Å². The number of rotatable bonds is 0. The topological polar surface area (TPSA) is 54.4 Å². The zero-order valence-corrected chi connectivity index (χ0v) is 7.80. The third kappa shape index (κ3) is 2.23. The minimum absolute atomic E-state index is 0. The molecule has 0 bridgehead atoms. The Labute approximate surface area is 82.4 Å². The molecule has 0 spiro atoms. The van der Waals surface area contributed by atoms with E-state index in [9.17, 15) is 0 Å². The molecular weight excluding hydrogens is 192 g/mol. The highest BCUT2D eigenvalue weighted by Gasteiger charge is 2.09. The predicted molar refractivity (Wildman–Crippen MR) is 50.4 cm³/mol. The molecule has 0 radical (unpaired) electrons. The van der Waals surface area contributed by atoms with Crippen LogP contribution in [0.1, 0.15) is 5.69 Å². The molecule has 0 saturated heterocycles. The summed E-state index contributed by atoms with van der Waals surface area (Å²) in [6.45, 7) is 2.13. The van der Waals surface area contributed by atoms with E-state index in [2.05, 4.69) is 10.3 Å². The number of hydrogen-bond donors (Lipinski definition) is 2. The summed E-state index contributed by atoms with van der Waals surface area (Å²) in [4.78, 5) is 3.94. The molecule has 0 aromatic carbocycles. The van der Waals surface area contributed by atoms with E-state index < -0.39 is 0 Å².